The highest BCUT2D eigenvalue weighted by atomic mass is 32.2. The summed E-state index contributed by atoms with van der Waals surface area (Å²) in [6, 6.07) is 9.32. The van der Waals surface area contributed by atoms with Crippen molar-refractivity contribution in [3.8, 4) is 0 Å². The summed E-state index contributed by atoms with van der Waals surface area (Å²) in [5.41, 5.74) is 1.03. The molecular weight excluding hydrogens is 417 g/mol. The van der Waals surface area contributed by atoms with Crippen LogP contribution in [0.1, 0.15) is 23.2 Å². The van der Waals surface area contributed by atoms with E-state index in [9.17, 15) is 22.7 Å². The van der Waals surface area contributed by atoms with E-state index in [1.165, 1.54) is 12.1 Å². The number of halogens is 1. The summed E-state index contributed by atoms with van der Waals surface area (Å²) in [6.45, 7) is 0.539. The van der Waals surface area contributed by atoms with E-state index in [2.05, 4.69) is 9.71 Å². The van der Waals surface area contributed by atoms with Crippen molar-refractivity contribution in [1.29, 1.82) is 0 Å². The molecule has 0 radical (unpaired) electrons. The third-order valence-electron chi connectivity index (χ3n) is 4.83. The van der Waals surface area contributed by atoms with Crippen LogP contribution in [0.3, 0.4) is 0 Å². The van der Waals surface area contributed by atoms with Gasteiger partial charge >= 0.3 is 0 Å². The molecule has 4 rings (SSSR count). The Morgan fingerprint density at radius 3 is 2.76 bits per heavy atom. The first-order valence-electron chi connectivity index (χ1n) is 8.98. The van der Waals surface area contributed by atoms with Gasteiger partial charge in [0.05, 0.1) is 27.8 Å². The quantitative estimate of drug-likeness (QED) is 0.642. The molecule has 2 N–H and O–H groups in total. The van der Waals surface area contributed by atoms with Crippen LogP contribution >= 0.6 is 11.3 Å². The van der Waals surface area contributed by atoms with Crippen LogP contribution in [0.15, 0.2) is 47.4 Å². The molecule has 29 heavy (non-hydrogen) atoms. The lowest BCUT2D eigenvalue weighted by Crippen LogP contribution is -2.37. The minimum atomic E-state index is -3.90. The molecule has 3 aromatic rings. The molecule has 2 aromatic carbocycles. The van der Waals surface area contributed by atoms with Gasteiger partial charge in [0.1, 0.15) is 5.82 Å². The summed E-state index contributed by atoms with van der Waals surface area (Å²) in [4.78, 5) is 18.6. The van der Waals surface area contributed by atoms with Gasteiger partial charge in [0.25, 0.3) is 15.9 Å². The Morgan fingerprint density at radius 2 is 2.03 bits per heavy atom. The highest BCUT2D eigenvalue weighted by Gasteiger charge is 2.29. The van der Waals surface area contributed by atoms with Crippen LogP contribution in [0.5, 0.6) is 0 Å². The molecule has 1 aliphatic rings. The second-order valence-electron chi connectivity index (χ2n) is 6.74. The van der Waals surface area contributed by atoms with Crippen molar-refractivity contribution in [2.45, 2.75) is 23.8 Å². The minimum absolute atomic E-state index is 0.0656. The summed E-state index contributed by atoms with van der Waals surface area (Å²) in [7, 11) is -3.90. The third kappa shape index (κ3) is 3.96. The van der Waals surface area contributed by atoms with Gasteiger partial charge in [-0.25, -0.2) is 17.8 Å². The molecule has 7 nitrogen and oxygen atoms in total. The summed E-state index contributed by atoms with van der Waals surface area (Å²) in [6.07, 6.45) is 1.63. The van der Waals surface area contributed by atoms with Crippen LogP contribution < -0.4 is 4.72 Å². The van der Waals surface area contributed by atoms with Crippen molar-refractivity contribution in [2.75, 3.05) is 17.9 Å². The molecule has 0 saturated carbocycles. The van der Waals surface area contributed by atoms with Crippen molar-refractivity contribution in [3.05, 3.63) is 53.8 Å². The van der Waals surface area contributed by atoms with Gasteiger partial charge in [-0.15, -0.1) is 0 Å². The van der Waals surface area contributed by atoms with E-state index in [0.717, 1.165) is 36.3 Å². The van der Waals surface area contributed by atoms with E-state index < -0.39 is 15.8 Å². The molecule has 0 spiro atoms. The average Bonchev–Trinajstić information content (AvgIpc) is 3.32. The van der Waals surface area contributed by atoms with E-state index in [-0.39, 0.29) is 28.6 Å². The number of fused-ring (bicyclic) bond motifs is 1. The van der Waals surface area contributed by atoms with E-state index in [1.807, 2.05) is 0 Å². The fourth-order valence-corrected chi connectivity index (χ4v) is 5.49. The van der Waals surface area contributed by atoms with Gasteiger partial charge in [0.15, 0.2) is 5.13 Å². The first-order chi connectivity index (χ1) is 13.9. The van der Waals surface area contributed by atoms with Crippen molar-refractivity contribution < 1.29 is 22.7 Å². The molecule has 2 heterocycles. The number of thiazole rings is 1. The van der Waals surface area contributed by atoms with Crippen LogP contribution in [0.4, 0.5) is 9.52 Å². The number of rotatable bonds is 5. The van der Waals surface area contributed by atoms with Crippen LogP contribution in [-0.2, 0) is 10.0 Å². The number of nitrogens with one attached hydrogen (secondary N) is 1. The lowest BCUT2D eigenvalue weighted by Gasteiger charge is -2.23. The van der Waals surface area contributed by atoms with Gasteiger partial charge in [0.2, 0.25) is 0 Å². The van der Waals surface area contributed by atoms with Crippen LogP contribution in [0, 0.1) is 5.82 Å². The predicted octanol–water partition coefficient (Wildman–Crippen LogP) is 2.83. The molecular formula is C19H18FN3O4S2. The number of amides is 1. The number of benzene rings is 2. The molecule has 1 aromatic heterocycles. The van der Waals surface area contributed by atoms with Gasteiger partial charge in [0, 0.05) is 12.1 Å². The van der Waals surface area contributed by atoms with Crippen LogP contribution in [-0.4, -0.2) is 48.5 Å². The summed E-state index contributed by atoms with van der Waals surface area (Å²) in [5, 5.41) is 9.59. The highest BCUT2D eigenvalue weighted by Crippen LogP contribution is 2.30. The Bertz CT molecular complexity index is 1160. The van der Waals surface area contributed by atoms with Crippen molar-refractivity contribution in [3.63, 3.8) is 0 Å². The smallest absolute Gasteiger partial charge is 0.263 e. The van der Waals surface area contributed by atoms with Gasteiger partial charge < -0.3 is 10.0 Å². The zero-order chi connectivity index (χ0) is 20.6. The highest BCUT2D eigenvalue weighted by molar-refractivity contribution is 7.93. The third-order valence-corrected chi connectivity index (χ3v) is 7.25. The molecule has 1 saturated heterocycles. The first-order valence-corrected chi connectivity index (χ1v) is 11.3. The lowest BCUT2D eigenvalue weighted by molar-refractivity contribution is 0.0678. The Labute approximate surface area is 170 Å². The van der Waals surface area contributed by atoms with E-state index in [4.69, 9.17) is 0 Å². The van der Waals surface area contributed by atoms with Gasteiger partial charge in [-0.3, -0.25) is 9.52 Å². The fraction of sp³-hybridized carbons (Fsp3) is 0.263. The number of anilines is 1. The topological polar surface area (TPSA) is 99.6 Å². The zero-order valence-electron chi connectivity index (χ0n) is 15.2. The lowest BCUT2D eigenvalue weighted by atomic mass is 10.1. The maximum atomic E-state index is 13.0. The molecule has 10 heteroatoms. The average molecular weight is 436 g/mol. The molecule has 1 amide bonds. The number of aromatic nitrogens is 1. The van der Waals surface area contributed by atoms with Crippen molar-refractivity contribution in [2.24, 2.45) is 0 Å². The normalized spacial score (nSPS) is 17.0. The number of nitrogens with zero attached hydrogens (tertiary/aromatic N) is 2. The van der Waals surface area contributed by atoms with Crippen molar-refractivity contribution in [1.82, 2.24) is 9.88 Å². The van der Waals surface area contributed by atoms with Crippen molar-refractivity contribution >= 4 is 42.6 Å². The Kier molecular flexibility index (Phi) is 5.24. The largest absolute Gasteiger partial charge is 0.394 e. The van der Waals surface area contributed by atoms with E-state index in [1.54, 1.807) is 23.1 Å². The minimum Gasteiger partial charge on any atom is -0.394 e. The molecule has 0 bridgehead atoms. The van der Waals surface area contributed by atoms with Crippen LogP contribution in [0.25, 0.3) is 10.2 Å². The molecule has 1 fully saturated rings. The number of likely N-dealkylation sites (tertiary alicyclic amines) is 1. The van der Waals surface area contributed by atoms with E-state index in [0.29, 0.717) is 22.3 Å². The standard InChI is InChI=1S/C19H18FN3O4S2/c20-13-4-6-15(7-5-13)29(26,27)22-19-21-16-8-3-12(10-17(16)28-19)18(25)23-9-1-2-14(23)11-24/h3-8,10,14,24H,1-2,9,11H2,(H,21,22). The summed E-state index contributed by atoms with van der Waals surface area (Å²) < 4.78 is 41.0. The molecule has 1 aliphatic heterocycles. The monoisotopic (exact) mass is 435 g/mol. The molecule has 0 aliphatic carbocycles. The maximum absolute atomic E-state index is 13.0. The van der Waals surface area contributed by atoms with Gasteiger partial charge in [-0.1, -0.05) is 11.3 Å². The van der Waals surface area contributed by atoms with E-state index >= 15 is 0 Å². The van der Waals surface area contributed by atoms with Gasteiger partial charge in [-0.2, -0.15) is 0 Å². The number of hydrogen-bond acceptors (Lipinski definition) is 6. The summed E-state index contributed by atoms with van der Waals surface area (Å²) in [5.74, 6) is -0.687. The number of carbonyl (C=O) groups excluding carboxylic acids is 1. The Balaban J connectivity index is 1.58. The summed E-state index contributed by atoms with van der Waals surface area (Å²) >= 11 is 1.11. The van der Waals surface area contributed by atoms with Crippen LogP contribution in [0.2, 0.25) is 0 Å². The van der Waals surface area contributed by atoms with Gasteiger partial charge in [-0.05, 0) is 55.3 Å². The number of sulfonamides is 1. The zero-order valence-corrected chi connectivity index (χ0v) is 16.8. The number of aliphatic hydroxyl groups is 1. The number of aliphatic hydroxyl groups excluding tert-OH is 1. The molecule has 1 unspecified atom stereocenters. The Morgan fingerprint density at radius 1 is 1.28 bits per heavy atom. The molecule has 152 valence electrons. The first kappa shape index (κ1) is 19.7. The predicted molar refractivity (Wildman–Crippen MR) is 108 cm³/mol. The number of hydrogen-bond donors (Lipinski definition) is 2. The Hall–Kier alpha value is -2.56. The maximum Gasteiger partial charge on any atom is 0.263 e. The second kappa shape index (κ2) is 7.69. The fourth-order valence-electron chi connectivity index (χ4n) is 3.35. The SMILES string of the molecule is O=C(c1ccc2nc(NS(=O)(=O)c3ccc(F)cc3)sc2c1)N1CCCC1CO. The number of carbonyl (C=O) groups is 1. The molecule has 1 atom stereocenters. The second-order valence-corrected chi connectivity index (χ2v) is 9.45.